The van der Waals surface area contributed by atoms with Gasteiger partial charge in [-0.2, -0.15) is 0 Å². The van der Waals surface area contributed by atoms with Crippen molar-refractivity contribution in [3.8, 4) is 0 Å². The lowest BCUT2D eigenvalue weighted by Crippen LogP contribution is -2.10. The average molecular weight is 164 g/mol. The fraction of sp³-hybridized carbons (Fsp3) is 0.545. The first-order valence-corrected chi connectivity index (χ1v) is 4.54. The van der Waals surface area contributed by atoms with Gasteiger partial charge in [0.25, 0.3) is 0 Å². The van der Waals surface area contributed by atoms with Crippen molar-refractivity contribution in [2.75, 3.05) is 0 Å². The number of carbonyl (C=O) groups is 1. The molecular weight excluding hydrogens is 148 g/mol. The molecule has 1 aliphatic rings. The first-order valence-electron chi connectivity index (χ1n) is 4.54. The van der Waals surface area contributed by atoms with E-state index in [9.17, 15) is 4.79 Å². The highest BCUT2D eigenvalue weighted by molar-refractivity contribution is 5.72. The predicted octanol–water partition coefficient (Wildman–Crippen LogP) is 2.73. The summed E-state index contributed by atoms with van der Waals surface area (Å²) in [4.78, 5) is 10.4. The van der Waals surface area contributed by atoms with Gasteiger partial charge in [0.05, 0.1) is 0 Å². The van der Waals surface area contributed by atoms with E-state index in [1.165, 1.54) is 6.42 Å². The molecule has 1 heteroatoms. The largest absolute Gasteiger partial charge is 0.298 e. The second kappa shape index (κ2) is 4.24. The Morgan fingerprint density at radius 1 is 1.58 bits per heavy atom. The maximum atomic E-state index is 10.4. The van der Waals surface area contributed by atoms with Crippen LogP contribution in [0.4, 0.5) is 0 Å². The minimum atomic E-state index is 0.570. The minimum absolute atomic E-state index is 0.570. The summed E-state index contributed by atoms with van der Waals surface area (Å²) in [6.07, 6.45) is 9.83. The topological polar surface area (TPSA) is 17.1 Å². The molecule has 0 saturated heterocycles. The first kappa shape index (κ1) is 9.24. The summed E-state index contributed by atoms with van der Waals surface area (Å²) in [5, 5.41) is 0. The van der Waals surface area contributed by atoms with Crippen LogP contribution in [0.5, 0.6) is 0 Å². The monoisotopic (exact) mass is 164 g/mol. The second-order valence-corrected chi connectivity index (χ2v) is 3.56. The third-order valence-electron chi connectivity index (χ3n) is 2.44. The van der Waals surface area contributed by atoms with Gasteiger partial charge in [0.1, 0.15) is 6.29 Å². The molecule has 0 fully saturated rings. The molecule has 0 spiro atoms. The molecular formula is C11H16O. The number of aldehydes is 1. The number of allylic oxidation sites excluding steroid dienone is 4. The SMILES string of the molecule is C/C(C=O)=C\C1CCC=CC1C. The second-order valence-electron chi connectivity index (χ2n) is 3.56. The maximum absolute atomic E-state index is 10.4. The van der Waals surface area contributed by atoms with Crippen LogP contribution < -0.4 is 0 Å². The van der Waals surface area contributed by atoms with Crippen LogP contribution in [0.1, 0.15) is 26.7 Å². The van der Waals surface area contributed by atoms with Crippen molar-refractivity contribution in [2.24, 2.45) is 11.8 Å². The van der Waals surface area contributed by atoms with E-state index >= 15 is 0 Å². The molecule has 66 valence electrons. The van der Waals surface area contributed by atoms with Gasteiger partial charge >= 0.3 is 0 Å². The van der Waals surface area contributed by atoms with Crippen LogP contribution in [0.3, 0.4) is 0 Å². The third kappa shape index (κ3) is 2.33. The van der Waals surface area contributed by atoms with Crippen molar-refractivity contribution >= 4 is 6.29 Å². The highest BCUT2D eigenvalue weighted by atomic mass is 16.1. The van der Waals surface area contributed by atoms with E-state index in [-0.39, 0.29) is 0 Å². The Kier molecular flexibility index (Phi) is 3.27. The standard InChI is InChI=1S/C11H16O/c1-9(8-12)7-11-6-4-3-5-10(11)2/h3,5,7-8,10-11H,4,6H2,1-2H3/b9-7+. The van der Waals surface area contributed by atoms with E-state index in [1.807, 2.05) is 6.92 Å². The summed E-state index contributed by atoms with van der Waals surface area (Å²) in [5.41, 5.74) is 0.863. The van der Waals surface area contributed by atoms with Crippen molar-refractivity contribution in [1.82, 2.24) is 0 Å². The highest BCUT2D eigenvalue weighted by Crippen LogP contribution is 2.25. The van der Waals surface area contributed by atoms with Crippen molar-refractivity contribution < 1.29 is 4.79 Å². The third-order valence-corrected chi connectivity index (χ3v) is 2.44. The Morgan fingerprint density at radius 3 is 2.92 bits per heavy atom. The van der Waals surface area contributed by atoms with Gasteiger partial charge in [-0.25, -0.2) is 0 Å². The molecule has 1 nitrogen and oxygen atoms in total. The molecule has 0 aliphatic heterocycles. The quantitative estimate of drug-likeness (QED) is 0.348. The fourth-order valence-corrected chi connectivity index (χ4v) is 1.62. The molecule has 12 heavy (non-hydrogen) atoms. The summed E-state index contributed by atoms with van der Waals surface area (Å²) in [6, 6.07) is 0. The van der Waals surface area contributed by atoms with E-state index < -0.39 is 0 Å². The Hall–Kier alpha value is -0.850. The van der Waals surface area contributed by atoms with E-state index in [0.717, 1.165) is 18.3 Å². The molecule has 2 unspecified atom stereocenters. The molecule has 1 aliphatic carbocycles. The Morgan fingerprint density at radius 2 is 2.33 bits per heavy atom. The van der Waals surface area contributed by atoms with E-state index in [0.29, 0.717) is 11.8 Å². The molecule has 0 aromatic carbocycles. The molecule has 0 heterocycles. The molecule has 0 amide bonds. The molecule has 0 saturated carbocycles. The van der Waals surface area contributed by atoms with E-state index in [1.54, 1.807) is 0 Å². The average Bonchev–Trinajstić information content (AvgIpc) is 2.09. The molecule has 0 bridgehead atoms. The lowest BCUT2D eigenvalue weighted by atomic mass is 9.84. The van der Waals surface area contributed by atoms with Gasteiger partial charge < -0.3 is 0 Å². The summed E-state index contributed by atoms with van der Waals surface area (Å²) >= 11 is 0. The van der Waals surface area contributed by atoms with Gasteiger partial charge in [-0.05, 0) is 37.2 Å². The number of carbonyl (C=O) groups excluding carboxylic acids is 1. The lowest BCUT2D eigenvalue weighted by molar-refractivity contribution is -0.104. The number of hydrogen-bond donors (Lipinski definition) is 0. The van der Waals surface area contributed by atoms with Gasteiger partial charge in [0, 0.05) is 0 Å². The maximum Gasteiger partial charge on any atom is 0.145 e. The normalized spacial score (nSPS) is 30.3. The molecule has 0 radical (unpaired) electrons. The number of hydrogen-bond acceptors (Lipinski definition) is 1. The van der Waals surface area contributed by atoms with E-state index in [2.05, 4.69) is 25.2 Å². The summed E-state index contributed by atoms with van der Waals surface area (Å²) in [7, 11) is 0. The van der Waals surface area contributed by atoms with Gasteiger partial charge in [-0.15, -0.1) is 0 Å². The van der Waals surface area contributed by atoms with Crippen LogP contribution in [-0.2, 0) is 4.79 Å². The summed E-state index contributed by atoms with van der Waals surface area (Å²) in [6.45, 7) is 4.08. The Labute approximate surface area is 74.2 Å². The molecule has 0 N–H and O–H groups in total. The smallest absolute Gasteiger partial charge is 0.145 e. The van der Waals surface area contributed by atoms with Crippen molar-refractivity contribution in [1.29, 1.82) is 0 Å². The summed E-state index contributed by atoms with van der Waals surface area (Å²) < 4.78 is 0. The highest BCUT2D eigenvalue weighted by Gasteiger charge is 2.14. The van der Waals surface area contributed by atoms with Gasteiger partial charge in [-0.3, -0.25) is 4.79 Å². The van der Waals surface area contributed by atoms with Crippen LogP contribution in [-0.4, -0.2) is 6.29 Å². The van der Waals surface area contributed by atoms with Gasteiger partial charge in [-0.1, -0.05) is 25.2 Å². The minimum Gasteiger partial charge on any atom is -0.298 e. The zero-order chi connectivity index (χ0) is 8.97. The van der Waals surface area contributed by atoms with Crippen molar-refractivity contribution in [2.45, 2.75) is 26.7 Å². The van der Waals surface area contributed by atoms with Crippen molar-refractivity contribution in [3.05, 3.63) is 23.8 Å². The van der Waals surface area contributed by atoms with Gasteiger partial charge in [0.15, 0.2) is 0 Å². The zero-order valence-electron chi connectivity index (χ0n) is 7.79. The van der Waals surface area contributed by atoms with Crippen molar-refractivity contribution in [3.63, 3.8) is 0 Å². The van der Waals surface area contributed by atoms with E-state index in [4.69, 9.17) is 0 Å². The number of rotatable bonds is 2. The van der Waals surface area contributed by atoms with Crippen LogP contribution in [0.15, 0.2) is 23.8 Å². The van der Waals surface area contributed by atoms with Crippen LogP contribution in [0, 0.1) is 11.8 Å². The zero-order valence-corrected chi connectivity index (χ0v) is 7.79. The Balaban J connectivity index is 2.63. The lowest BCUT2D eigenvalue weighted by Gasteiger charge is -2.21. The molecule has 2 atom stereocenters. The molecule has 0 aromatic heterocycles. The first-order chi connectivity index (χ1) is 5.74. The fourth-order valence-electron chi connectivity index (χ4n) is 1.62. The van der Waals surface area contributed by atoms with Crippen LogP contribution in [0.2, 0.25) is 0 Å². The van der Waals surface area contributed by atoms with Crippen LogP contribution in [0.25, 0.3) is 0 Å². The molecule has 1 rings (SSSR count). The van der Waals surface area contributed by atoms with Crippen LogP contribution >= 0.6 is 0 Å². The van der Waals surface area contributed by atoms with Gasteiger partial charge in [0.2, 0.25) is 0 Å². The predicted molar refractivity (Wildman–Crippen MR) is 50.8 cm³/mol. The molecule has 0 aromatic rings. The Bertz CT molecular complexity index is 213. The summed E-state index contributed by atoms with van der Waals surface area (Å²) in [5.74, 6) is 1.16.